The Hall–Kier alpha value is -1.60. The molecule has 0 radical (unpaired) electrons. The number of rotatable bonds is 7. The number of benzene rings is 1. The zero-order chi connectivity index (χ0) is 18.3. The van der Waals surface area contributed by atoms with Crippen molar-refractivity contribution < 1.29 is 23.1 Å². The van der Waals surface area contributed by atoms with Gasteiger partial charge in [0.25, 0.3) is 0 Å². The highest BCUT2D eigenvalue weighted by Crippen LogP contribution is 2.29. The summed E-state index contributed by atoms with van der Waals surface area (Å²) in [7, 11) is 0. The minimum absolute atomic E-state index is 0.216. The van der Waals surface area contributed by atoms with Crippen LogP contribution >= 0.6 is 0 Å². The molecule has 1 aromatic rings. The van der Waals surface area contributed by atoms with Gasteiger partial charge in [-0.3, -0.25) is 9.69 Å². The largest absolute Gasteiger partial charge is 0.481 e. The molecule has 0 spiro atoms. The van der Waals surface area contributed by atoms with Gasteiger partial charge in [0, 0.05) is 26.1 Å². The van der Waals surface area contributed by atoms with Crippen LogP contribution in [0, 0.1) is 0 Å². The molecule has 1 aliphatic rings. The van der Waals surface area contributed by atoms with Crippen LogP contribution in [0.1, 0.15) is 36.8 Å². The van der Waals surface area contributed by atoms with Gasteiger partial charge in [0.2, 0.25) is 0 Å². The SMILES string of the molecule is O=C(O)CCCCN1CCCN(Cc2ccc(C(F)(F)F)cc2)CC1. The first-order valence-corrected chi connectivity index (χ1v) is 8.67. The zero-order valence-corrected chi connectivity index (χ0v) is 14.3. The molecule has 0 bridgehead atoms. The fourth-order valence-electron chi connectivity index (χ4n) is 3.08. The number of aliphatic carboxylic acids is 1. The molecular formula is C18H25F3N2O2. The zero-order valence-electron chi connectivity index (χ0n) is 14.3. The average Bonchev–Trinajstić information content (AvgIpc) is 2.76. The minimum Gasteiger partial charge on any atom is -0.481 e. The van der Waals surface area contributed by atoms with E-state index in [2.05, 4.69) is 9.80 Å². The van der Waals surface area contributed by atoms with Gasteiger partial charge < -0.3 is 10.0 Å². The lowest BCUT2D eigenvalue weighted by atomic mass is 10.1. The van der Waals surface area contributed by atoms with Crippen molar-refractivity contribution in [3.8, 4) is 0 Å². The van der Waals surface area contributed by atoms with E-state index in [0.717, 1.165) is 63.3 Å². The number of carbonyl (C=O) groups is 1. The Labute approximate surface area is 146 Å². The Bertz CT molecular complexity index is 546. The third-order valence-corrected chi connectivity index (χ3v) is 4.48. The molecule has 1 heterocycles. The minimum atomic E-state index is -4.29. The Balaban J connectivity index is 1.76. The van der Waals surface area contributed by atoms with Gasteiger partial charge in [0.15, 0.2) is 0 Å². The second-order valence-electron chi connectivity index (χ2n) is 6.52. The summed E-state index contributed by atoms with van der Waals surface area (Å²) >= 11 is 0. The van der Waals surface area contributed by atoms with Crippen LogP contribution in [0.25, 0.3) is 0 Å². The number of alkyl halides is 3. The Morgan fingerprint density at radius 3 is 2.28 bits per heavy atom. The highest BCUT2D eigenvalue weighted by Gasteiger charge is 2.30. The van der Waals surface area contributed by atoms with Gasteiger partial charge in [0.05, 0.1) is 5.56 Å². The number of unbranched alkanes of at least 4 members (excludes halogenated alkanes) is 1. The van der Waals surface area contributed by atoms with Gasteiger partial charge >= 0.3 is 12.1 Å². The lowest BCUT2D eigenvalue weighted by Gasteiger charge is -2.22. The molecule has 1 fully saturated rings. The molecule has 0 aromatic heterocycles. The van der Waals surface area contributed by atoms with Gasteiger partial charge in [-0.2, -0.15) is 13.2 Å². The third-order valence-electron chi connectivity index (χ3n) is 4.48. The van der Waals surface area contributed by atoms with E-state index in [9.17, 15) is 18.0 Å². The second kappa shape index (κ2) is 9.20. The summed E-state index contributed by atoms with van der Waals surface area (Å²) in [5, 5.41) is 8.65. The monoisotopic (exact) mass is 358 g/mol. The van der Waals surface area contributed by atoms with E-state index in [4.69, 9.17) is 5.11 Å². The molecule has 0 unspecified atom stereocenters. The standard InChI is InChI=1S/C18H25F3N2O2/c19-18(20,21)16-7-5-15(6-8-16)14-23-11-3-10-22(12-13-23)9-2-1-4-17(24)25/h5-8H,1-4,9-14H2,(H,24,25). The van der Waals surface area contributed by atoms with Crippen molar-refractivity contribution in [1.82, 2.24) is 9.80 Å². The number of hydrogen-bond acceptors (Lipinski definition) is 3. The summed E-state index contributed by atoms with van der Waals surface area (Å²) in [6, 6.07) is 5.39. The van der Waals surface area contributed by atoms with Gasteiger partial charge in [-0.25, -0.2) is 0 Å². The second-order valence-corrected chi connectivity index (χ2v) is 6.52. The summed E-state index contributed by atoms with van der Waals surface area (Å²) in [6.07, 6.45) is -1.48. The van der Waals surface area contributed by atoms with E-state index in [0.29, 0.717) is 13.0 Å². The lowest BCUT2D eigenvalue weighted by Crippen LogP contribution is -2.31. The third kappa shape index (κ3) is 7.04. The molecule has 0 atom stereocenters. The van der Waals surface area contributed by atoms with E-state index < -0.39 is 17.7 Å². The number of carboxylic acid groups (broad SMARTS) is 1. The van der Waals surface area contributed by atoms with E-state index in [1.54, 1.807) is 12.1 Å². The van der Waals surface area contributed by atoms with Gasteiger partial charge in [-0.1, -0.05) is 12.1 Å². The molecule has 4 nitrogen and oxygen atoms in total. The van der Waals surface area contributed by atoms with E-state index in [-0.39, 0.29) is 6.42 Å². The lowest BCUT2D eigenvalue weighted by molar-refractivity contribution is -0.138. The summed E-state index contributed by atoms with van der Waals surface area (Å²) < 4.78 is 37.8. The van der Waals surface area contributed by atoms with Crippen molar-refractivity contribution in [2.24, 2.45) is 0 Å². The van der Waals surface area contributed by atoms with Crippen LogP contribution in [0.5, 0.6) is 0 Å². The predicted molar refractivity (Wildman–Crippen MR) is 89.3 cm³/mol. The van der Waals surface area contributed by atoms with Crippen LogP contribution in [0.2, 0.25) is 0 Å². The highest BCUT2D eigenvalue weighted by molar-refractivity contribution is 5.66. The summed E-state index contributed by atoms with van der Waals surface area (Å²) in [4.78, 5) is 15.1. The molecule has 140 valence electrons. The summed E-state index contributed by atoms with van der Waals surface area (Å²) in [5.74, 6) is -0.751. The molecule has 25 heavy (non-hydrogen) atoms. The molecule has 1 aliphatic heterocycles. The Kier molecular flexibility index (Phi) is 7.25. The van der Waals surface area contributed by atoms with Crippen LogP contribution in [-0.2, 0) is 17.5 Å². The molecule has 1 aromatic carbocycles. The van der Waals surface area contributed by atoms with Crippen molar-refractivity contribution in [1.29, 1.82) is 0 Å². The fraction of sp³-hybridized carbons (Fsp3) is 0.611. The van der Waals surface area contributed by atoms with Crippen molar-refractivity contribution in [3.05, 3.63) is 35.4 Å². The van der Waals surface area contributed by atoms with Crippen molar-refractivity contribution >= 4 is 5.97 Å². The molecule has 1 saturated heterocycles. The van der Waals surface area contributed by atoms with Crippen LogP contribution in [0.4, 0.5) is 13.2 Å². The normalized spacial score (nSPS) is 17.4. The maximum absolute atomic E-state index is 12.6. The molecule has 0 amide bonds. The van der Waals surface area contributed by atoms with Crippen LogP contribution in [0.3, 0.4) is 0 Å². The number of carboxylic acids is 1. The number of halogens is 3. The van der Waals surface area contributed by atoms with Crippen LogP contribution < -0.4 is 0 Å². The number of nitrogens with zero attached hydrogens (tertiary/aromatic N) is 2. The predicted octanol–water partition coefficient (Wildman–Crippen LogP) is 3.47. The molecule has 1 N–H and O–H groups in total. The van der Waals surface area contributed by atoms with Gasteiger partial charge in [-0.05, 0) is 56.6 Å². The fourth-order valence-corrected chi connectivity index (χ4v) is 3.08. The van der Waals surface area contributed by atoms with E-state index >= 15 is 0 Å². The average molecular weight is 358 g/mol. The topological polar surface area (TPSA) is 43.8 Å². The summed E-state index contributed by atoms with van der Waals surface area (Å²) in [5.41, 5.74) is 0.280. The maximum atomic E-state index is 12.6. The number of hydrogen-bond donors (Lipinski definition) is 1. The van der Waals surface area contributed by atoms with E-state index in [1.807, 2.05) is 0 Å². The van der Waals surface area contributed by atoms with Crippen LogP contribution in [-0.4, -0.2) is 53.6 Å². The molecular weight excluding hydrogens is 333 g/mol. The smallest absolute Gasteiger partial charge is 0.416 e. The van der Waals surface area contributed by atoms with Gasteiger partial charge in [-0.15, -0.1) is 0 Å². The Morgan fingerprint density at radius 1 is 1.00 bits per heavy atom. The molecule has 2 rings (SSSR count). The first-order valence-electron chi connectivity index (χ1n) is 8.67. The van der Waals surface area contributed by atoms with Gasteiger partial charge in [0.1, 0.15) is 0 Å². The molecule has 0 aliphatic carbocycles. The highest BCUT2D eigenvalue weighted by atomic mass is 19.4. The first kappa shape index (κ1) is 19.7. The summed E-state index contributed by atoms with van der Waals surface area (Å²) in [6.45, 7) is 5.25. The Morgan fingerprint density at radius 2 is 1.64 bits per heavy atom. The van der Waals surface area contributed by atoms with Crippen molar-refractivity contribution in [3.63, 3.8) is 0 Å². The first-order chi connectivity index (χ1) is 11.8. The quantitative estimate of drug-likeness (QED) is 0.758. The molecule has 7 heteroatoms. The van der Waals surface area contributed by atoms with Crippen LogP contribution in [0.15, 0.2) is 24.3 Å². The van der Waals surface area contributed by atoms with Crippen molar-refractivity contribution in [2.75, 3.05) is 32.7 Å². The van der Waals surface area contributed by atoms with E-state index in [1.165, 1.54) is 0 Å². The molecule has 0 saturated carbocycles. The maximum Gasteiger partial charge on any atom is 0.416 e. The van der Waals surface area contributed by atoms with Crippen molar-refractivity contribution in [2.45, 2.75) is 38.4 Å².